The molecule has 13 nitrogen and oxygen atoms in total. The highest BCUT2D eigenvalue weighted by atomic mass is 32.2. The molecule has 2 aromatic heterocycles. The van der Waals surface area contributed by atoms with Crippen molar-refractivity contribution in [3.8, 4) is 0 Å². The van der Waals surface area contributed by atoms with Crippen molar-refractivity contribution < 1.29 is 24.6 Å². The minimum absolute atomic E-state index is 0.104. The van der Waals surface area contributed by atoms with Gasteiger partial charge in [0.05, 0.1) is 0 Å². The Morgan fingerprint density at radius 3 is 2.86 bits per heavy atom. The van der Waals surface area contributed by atoms with Crippen LogP contribution in [0.1, 0.15) is 11.7 Å². The Balaban J connectivity index is 1.29. The van der Waals surface area contributed by atoms with Gasteiger partial charge in [0, 0.05) is 22.8 Å². The number of aliphatic hydroxyl groups is 1. The van der Waals surface area contributed by atoms with Crippen LogP contribution in [0.25, 0.3) is 5.65 Å². The summed E-state index contributed by atoms with van der Waals surface area (Å²) in [5, 5.41) is 38.0. The number of hydrogen-bond acceptors (Lipinski definition) is 11. The first-order valence-corrected chi connectivity index (χ1v) is 12.3. The monoisotopic (exact) mass is 514 g/mol. The molecule has 2 amide bonds. The predicted octanol–water partition coefficient (Wildman–Crippen LogP) is -0.334. The topological polar surface area (TPSA) is 189 Å². The summed E-state index contributed by atoms with van der Waals surface area (Å²) in [5.74, 6) is -1.94. The van der Waals surface area contributed by atoms with E-state index in [1.54, 1.807) is 30.3 Å². The number of aliphatic carboxylic acids is 1. The number of fused-ring (bicyclic) bond motifs is 2. The van der Waals surface area contributed by atoms with Crippen LogP contribution < -0.4 is 11.1 Å². The van der Waals surface area contributed by atoms with Crippen LogP contribution in [-0.2, 0) is 14.4 Å². The van der Waals surface area contributed by atoms with Gasteiger partial charge in [0.25, 0.3) is 11.8 Å². The summed E-state index contributed by atoms with van der Waals surface area (Å²) < 4.78 is 1.27. The van der Waals surface area contributed by atoms with Crippen molar-refractivity contribution in [3.63, 3.8) is 0 Å². The summed E-state index contributed by atoms with van der Waals surface area (Å²) in [4.78, 5) is 38.7. The number of aromatic nitrogens is 5. The summed E-state index contributed by atoms with van der Waals surface area (Å²) in [5.41, 5.74) is 7.22. The van der Waals surface area contributed by atoms with Gasteiger partial charge in [-0.15, -0.1) is 38.4 Å². The van der Waals surface area contributed by atoms with Gasteiger partial charge in [0.15, 0.2) is 11.8 Å². The summed E-state index contributed by atoms with van der Waals surface area (Å²) in [6, 6.07) is 8.84. The maximum Gasteiger partial charge on any atom is 0.352 e. The maximum absolute atomic E-state index is 12.9. The zero-order valence-electron chi connectivity index (χ0n) is 17.8. The van der Waals surface area contributed by atoms with Crippen molar-refractivity contribution in [2.24, 2.45) is 0 Å². The molecule has 1 fully saturated rings. The number of carbonyl (C=O) groups is 3. The third kappa shape index (κ3) is 4.17. The van der Waals surface area contributed by atoms with Crippen molar-refractivity contribution in [2.45, 2.75) is 22.5 Å². The number of carbonyl (C=O) groups excluding carboxylic acids is 2. The zero-order chi connectivity index (χ0) is 24.7. The van der Waals surface area contributed by atoms with E-state index in [1.165, 1.54) is 39.1 Å². The Kier molecular flexibility index (Phi) is 6.04. The fourth-order valence-electron chi connectivity index (χ4n) is 3.80. The van der Waals surface area contributed by atoms with Gasteiger partial charge < -0.3 is 21.3 Å². The number of nitrogen functional groups attached to an aromatic ring is 1. The maximum atomic E-state index is 12.9. The molecule has 5 rings (SSSR count). The van der Waals surface area contributed by atoms with Crippen LogP contribution in [0.15, 0.2) is 52.7 Å². The first kappa shape index (κ1) is 23.1. The molecule has 0 saturated carbocycles. The second-order valence-electron chi connectivity index (χ2n) is 7.67. The van der Waals surface area contributed by atoms with Crippen LogP contribution in [0.2, 0.25) is 0 Å². The number of carboxylic acid groups (broad SMARTS) is 1. The molecule has 2 unspecified atom stereocenters. The first-order chi connectivity index (χ1) is 16.8. The number of amides is 2. The number of nitrogens with zero attached hydrogens (tertiary/aromatic N) is 6. The van der Waals surface area contributed by atoms with E-state index >= 15 is 0 Å². The van der Waals surface area contributed by atoms with E-state index in [1.807, 2.05) is 0 Å². The van der Waals surface area contributed by atoms with Crippen LogP contribution in [0.3, 0.4) is 0 Å². The quantitative estimate of drug-likeness (QED) is 0.183. The fourth-order valence-corrected chi connectivity index (χ4v) is 6.13. The smallest absolute Gasteiger partial charge is 0.352 e. The van der Waals surface area contributed by atoms with Gasteiger partial charge in [-0.2, -0.15) is 0 Å². The summed E-state index contributed by atoms with van der Waals surface area (Å²) in [6.07, 6.45) is -1.56. The molecule has 0 bridgehead atoms. The minimum atomic E-state index is -1.56. The molecular formula is C20H18N8O5S2. The van der Waals surface area contributed by atoms with E-state index in [0.717, 1.165) is 0 Å². The first-order valence-electron chi connectivity index (χ1n) is 10.3. The van der Waals surface area contributed by atoms with Gasteiger partial charge in [-0.3, -0.25) is 14.5 Å². The van der Waals surface area contributed by atoms with E-state index < -0.39 is 35.3 Å². The molecule has 0 radical (unpaired) electrons. The van der Waals surface area contributed by atoms with Gasteiger partial charge >= 0.3 is 5.97 Å². The molecule has 0 aliphatic carbocycles. The molecule has 4 heterocycles. The number of benzene rings is 1. The number of β-lactam (4-membered cyclic amide) rings is 1. The molecule has 3 atom stereocenters. The van der Waals surface area contributed by atoms with E-state index in [-0.39, 0.29) is 22.7 Å². The number of anilines is 1. The number of carboxylic acids is 1. The summed E-state index contributed by atoms with van der Waals surface area (Å²) >= 11 is 2.63. The Hall–Kier alpha value is -3.69. The molecule has 5 N–H and O–H groups in total. The molecule has 2 aliphatic heterocycles. The molecule has 1 aromatic carbocycles. The molecule has 3 aromatic rings. The Morgan fingerprint density at radius 2 is 2.09 bits per heavy atom. The average Bonchev–Trinajstić information content (AvgIpc) is 3.33. The number of nitrogens with one attached hydrogen (secondary N) is 1. The molecule has 35 heavy (non-hydrogen) atoms. The standard InChI is InChI=1S/C20H18N8O5S2/c21-11-4-2-1-3-10(11)16(29)17(30)22-14-18(31)27-15(20(32)33)9(8-35-19(14)27)7-34-13-6-5-12-23-25-26-28(12)24-13/h1-6,14,16,19,29H,7-8,21H2,(H,22,30)(H,32,33)/t14?,16?,19-/m0/s1. The molecule has 180 valence electrons. The number of aliphatic hydroxyl groups excluding tert-OH is 1. The van der Waals surface area contributed by atoms with E-state index in [4.69, 9.17) is 5.73 Å². The number of thioether (sulfide) groups is 2. The van der Waals surface area contributed by atoms with Gasteiger partial charge in [-0.25, -0.2) is 4.79 Å². The number of rotatable bonds is 7. The highest BCUT2D eigenvalue weighted by Crippen LogP contribution is 2.41. The number of hydrogen-bond donors (Lipinski definition) is 4. The Labute approximate surface area is 205 Å². The lowest BCUT2D eigenvalue weighted by molar-refractivity contribution is -0.151. The number of para-hydroxylation sites is 1. The number of nitrogens with two attached hydrogens (primary N) is 1. The van der Waals surface area contributed by atoms with Gasteiger partial charge in [0.2, 0.25) is 0 Å². The van der Waals surface area contributed by atoms with Crippen molar-refractivity contribution >= 4 is 52.6 Å². The fraction of sp³-hybridized carbons (Fsp3) is 0.250. The lowest BCUT2D eigenvalue weighted by Gasteiger charge is -2.49. The third-order valence-corrected chi connectivity index (χ3v) is 7.87. The molecule has 2 aliphatic rings. The Bertz CT molecular complexity index is 1380. The molecule has 15 heteroatoms. The van der Waals surface area contributed by atoms with Crippen molar-refractivity contribution in [1.29, 1.82) is 0 Å². The highest BCUT2D eigenvalue weighted by molar-refractivity contribution is 8.01. The van der Waals surface area contributed by atoms with Crippen molar-refractivity contribution in [1.82, 2.24) is 35.5 Å². The van der Waals surface area contributed by atoms with E-state index in [2.05, 4.69) is 25.9 Å². The van der Waals surface area contributed by atoms with Crippen molar-refractivity contribution in [3.05, 3.63) is 53.2 Å². The van der Waals surface area contributed by atoms with E-state index in [9.17, 15) is 24.6 Å². The minimum Gasteiger partial charge on any atom is -0.477 e. The lowest BCUT2D eigenvalue weighted by Crippen LogP contribution is -2.70. The summed E-state index contributed by atoms with van der Waals surface area (Å²) in [7, 11) is 0. The number of tetrazole rings is 1. The zero-order valence-corrected chi connectivity index (χ0v) is 19.4. The highest BCUT2D eigenvalue weighted by Gasteiger charge is 2.54. The van der Waals surface area contributed by atoms with Crippen LogP contribution in [0.5, 0.6) is 0 Å². The molecule has 0 spiro atoms. The lowest BCUT2D eigenvalue weighted by atomic mass is 10.0. The third-order valence-electron chi connectivity index (χ3n) is 5.53. The summed E-state index contributed by atoms with van der Waals surface area (Å²) in [6.45, 7) is 0. The Morgan fingerprint density at radius 1 is 1.29 bits per heavy atom. The van der Waals surface area contributed by atoms with Crippen LogP contribution in [-0.4, -0.2) is 81.1 Å². The largest absolute Gasteiger partial charge is 0.477 e. The van der Waals surface area contributed by atoms with Gasteiger partial charge in [-0.05, 0) is 34.2 Å². The van der Waals surface area contributed by atoms with Crippen LogP contribution >= 0.6 is 23.5 Å². The van der Waals surface area contributed by atoms with E-state index in [0.29, 0.717) is 22.0 Å². The molecular weight excluding hydrogens is 496 g/mol. The van der Waals surface area contributed by atoms with Crippen molar-refractivity contribution in [2.75, 3.05) is 17.2 Å². The predicted molar refractivity (Wildman–Crippen MR) is 125 cm³/mol. The average molecular weight is 515 g/mol. The second-order valence-corrected chi connectivity index (χ2v) is 9.77. The SMILES string of the molecule is Nc1ccccc1C(O)C(=O)NC1C(=O)N2C(C(=O)O)=C(CSc3ccc4nnnn4n3)CS[C@@H]12. The van der Waals surface area contributed by atoms with Crippen LogP contribution in [0.4, 0.5) is 5.69 Å². The van der Waals surface area contributed by atoms with Gasteiger partial charge in [-0.1, -0.05) is 18.2 Å². The van der Waals surface area contributed by atoms with Gasteiger partial charge in [0.1, 0.15) is 22.1 Å². The second kappa shape index (κ2) is 9.16. The van der Waals surface area contributed by atoms with Crippen LogP contribution in [0, 0.1) is 0 Å². The normalized spacial score (nSPS) is 20.4. The molecule has 1 saturated heterocycles.